The smallest absolute Gasteiger partial charge is 0.323 e. The molecule has 2 aromatic carbocycles. The third-order valence-corrected chi connectivity index (χ3v) is 7.43. The van der Waals surface area contributed by atoms with Crippen LogP contribution in [0.2, 0.25) is 10.0 Å². The van der Waals surface area contributed by atoms with Crippen LogP contribution in [-0.2, 0) is 7.05 Å². The van der Waals surface area contributed by atoms with Crippen molar-refractivity contribution in [2.75, 3.05) is 5.32 Å². The molecular formula is C25H25Cl2F4N3O. The number of fused-ring (bicyclic) bond motifs is 1. The number of nitrogens with one attached hydrogen (secondary N) is 1. The van der Waals surface area contributed by atoms with Gasteiger partial charge in [-0.1, -0.05) is 35.7 Å². The Hall–Kier alpha value is -2.32. The molecule has 1 N–H and O–H groups in total. The van der Waals surface area contributed by atoms with E-state index in [1.807, 2.05) is 0 Å². The topological polar surface area (TPSA) is 46.9 Å². The molecule has 4 rings (SSSR count). The maximum Gasteiger partial charge on any atom is 0.391 e. The van der Waals surface area contributed by atoms with Crippen LogP contribution < -0.4 is 5.32 Å². The Kier molecular flexibility index (Phi) is 7.62. The van der Waals surface area contributed by atoms with Crippen molar-refractivity contribution in [2.24, 2.45) is 18.9 Å². The van der Waals surface area contributed by atoms with Gasteiger partial charge >= 0.3 is 6.18 Å². The minimum absolute atomic E-state index is 0.0429. The van der Waals surface area contributed by atoms with Crippen molar-refractivity contribution in [3.63, 3.8) is 0 Å². The van der Waals surface area contributed by atoms with Gasteiger partial charge in [0.25, 0.3) is 0 Å². The Morgan fingerprint density at radius 2 is 1.80 bits per heavy atom. The first kappa shape index (κ1) is 25.8. The first-order valence-electron chi connectivity index (χ1n) is 11.5. The van der Waals surface area contributed by atoms with Gasteiger partial charge in [0.05, 0.1) is 38.2 Å². The van der Waals surface area contributed by atoms with Gasteiger partial charge in [-0.15, -0.1) is 0 Å². The fourth-order valence-corrected chi connectivity index (χ4v) is 5.22. The summed E-state index contributed by atoms with van der Waals surface area (Å²) in [5, 5.41) is 3.86. The maximum atomic E-state index is 14.8. The average Bonchev–Trinajstić information content (AvgIpc) is 3.10. The van der Waals surface area contributed by atoms with Gasteiger partial charge in [-0.25, -0.2) is 9.37 Å². The zero-order chi connectivity index (χ0) is 25.3. The number of para-hydroxylation sites is 1. The number of aryl methyl sites for hydroxylation is 1. The highest BCUT2D eigenvalue weighted by Gasteiger charge is 2.41. The van der Waals surface area contributed by atoms with Crippen LogP contribution in [0.15, 0.2) is 30.3 Å². The van der Waals surface area contributed by atoms with Crippen LogP contribution in [-0.4, -0.2) is 21.5 Å². The van der Waals surface area contributed by atoms with Crippen molar-refractivity contribution in [3.05, 3.63) is 51.8 Å². The molecular weight excluding hydrogens is 505 g/mol. The van der Waals surface area contributed by atoms with E-state index >= 15 is 0 Å². The van der Waals surface area contributed by atoms with Crippen molar-refractivity contribution in [1.29, 1.82) is 0 Å². The second kappa shape index (κ2) is 10.3. The number of Topliss-reactive ketones (excluding diaryl/α,β-unsaturated/α-hetero) is 1. The Morgan fingerprint density at radius 1 is 1.14 bits per heavy atom. The van der Waals surface area contributed by atoms with Gasteiger partial charge in [0.1, 0.15) is 5.82 Å². The monoisotopic (exact) mass is 529 g/mol. The third-order valence-electron chi connectivity index (χ3n) is 6.80. The summed E-state index contributed by atoms with van der Waals surface area (Å²) < 4.78 is 55.0. The number of anilines is 2. The molecule has 1 aliphatic carbocycles. The van der Waals surface area contributed by atoms with Gasteiger partial charge in [-0.05, 0) is 56.2 Å². The fourth-order valence-electron chi connectivity index (χ4n) is 4.73. The number of hydrogen-bond acceptors (Lipinski definition) is 3. The molecule has 3 aromatic rings. The SMILES string of the molecule is Cn1c(Nc2c(Cl)cccc2Cl)nc2cc(C(=O)CCCC3CCC(C(F)(F)F)CC3)c(F)cc21. The van der Waals surface area contributed by atoms with E-state index in [-0.39, 0.29) is 36.5 Å². The number of halogens is 6. The highest BCUT2D eigenvalue weighted by atomic mass is 35.5. The van der Waals surface area contributed by atoms with Crippen molar-refractivity contribution < 1.29 is 22.4 Å². The summed E-state index contributed by atoms with van der Waals surface area (Å²) in [5.74, 6) is -1.64. The number of alkyl halides is 3. The van der Waals surface area contributed by atoms with Gasteiger partial charge < -0.3 is 9.88 Å². The molecule has 0 atom stereocenters. The van der Waals surface area contributed by atoms with Gasteiger partial charge in [0.15, 0.2) is 5.78 Å². The van der Waals surface area contributed by atoms with Crippen LogP contribution in [0.3, 0.4) is 0 Å². The molecule has 0 bridgehead atoms. The molecule has 0 amide bonds. The molecule has 10 heteroatoms. The van der Waals surface area contributed by atoms with E-state index in [0.29, 0.717) is 58.4 Å². The first-order valence-corrected chi connectivity index (χ1v) is 12.3. The molecule has 0 radical (unpaired) electrons. The molecule has 0 aliphatic heterocycles. The van der Waals surface area contributed by atoms with Crippen LogP contribution in [0.4, 0.5) is 29.2 Å². The molecule has 1 fully saturated rings. The summed E-state index contributed by atoms with van der Waals surface area (Å²) in [6.45, 7) is 0. The summed E-state index contributed by atoms with van der Waals surface area (Å²) in [7, 11) is 1.71. The zero-order valence-electron chi connectivity index (χ0n) is 19.1. The average molecular weight is 530 g/mol. The molecule has 1 aromatic heterocycles. The Labute approximate surface area is 210 Å². The number of aromatic nitrogens is 2. The minimum atomic E-state index is -4.13. The lowest BCUT2D eigenvalue weighted by atomic mass is 9.79. The number of rotatable bonds is 7. The van der Waals surface area contributed by atoms with Crippen LogP contribution in [0.1, 0.15) is 55.3 Å². The molecule has 35 heavy (non-hydrogen) atoms. The van der Waals surface area contributed by atoms with E-state index in [9.17, 15) is 22.4 Å². The number of carbonyl (C=O) groups is 1. The number of imidazole rings is 1. The maximum absolute atomic E-state index is 14.8. The predicted molar refractivity (Wildman–Crippen MR) is 130 cm³/mol. The Morgan fingerprint density at radius 3 is 2.43 bits per heavy atom. The third kappa shape index (κ3) is 5.75. The normalized spacial score (nSPS) is 18.7. The lowest BCUT2D eigenvalue weighted by molar-refractivity contribution is -0.184. The molecule has 0 spiro atoms. The number of benzene rings is 2. The lowest BCUT2D eigenvalue weighted by Crippen LogP contribution is -2.27. The molecule has 0 unspecified atom stereocenters. The molecule has 4 nitrogen and oxygen atoms in total. The first-order chi connectivity index (χ1) is 16.5. The summed E-state index contributed by atoms with van der Waals surface area (Å²) in [5.41, 5.74) is 1.36. The number of nitrogens with zero attached hydrogens (tertiary/aromatic N) is 2. The van der Waals surface area contributed by atoms with Crippen LogP contribution in [0, 0.1) is 17.7 Å². The van der Waals surface area contributed by atoms with Crippen molar-refractivity contribution in [2.45, 2.75) is 51.1 Å². The van der Waals surface area contributed by atoms with Crippen molar-refractivity contribution >= 4 is 51.7 Å². The van der Waals surface area contributed by atoms with E-state index in [2.05, 4.69) is 10.3 Å². The molecule has 188 valence electrons. The number of hydrogen-bond donors (Lipinski definition) is 1. The van der Waals surface area contributed by atoms with Crippen LogP contribution in [0.25, 0.3) is 11.0 Å². The number of carbonyl (C=O) groups excluding carboxylic acids is 1. The van der Waals surface area contributed by atoms with E-state index in [1.165, 1.54) is 12.1 Å². The van der Waals surface area contributed by atoms with Gasteiger partial charge in [0, 0.05) is 19.5 Å². The fraction of sp³-hybridized carbons (Fsp3) is 0.440. The molecule has 1 saturated carbocycles. The quantitative estimate of drug-likeness (QED) is 0.246. The van der Waals surface area contributed by atoms with Gasteiger partial charge in [-0.2, -0.15) is 13.2 Å². The van der Waals surface area contributed by atoms with Crippen LogP contribution in [0.5, 0.6) is 0 Å². The number of ketones is 1. The van der Waals surface area contributed by atoms with E-state index < -0.39 is 17.9 Å². The molecule has 0 saturated heterocycles. The Bertz CT molecular complexity index is 1210. The van der Waals surface area contributed by atoms with E-state index in [4.69, 9.17) is 23.2 Å². The minimum Gasteiger partial charge on any atom is -0.323 e. The largest absolute Gasteiger partial charge is 0.391 e. The summed E-state index contributed by atoms with van der Waals surface area (Å²) in [6, 6.07) is 7.77. The summed E-state index contributed by atoms with van der Waals surface area (Å²) >= 11 is 12.4. The standard InChI is InChI=1S/C25H25Cl2F4N3O/c1-34-21-13-19(28)16(12-20(21)32-24(34)33-23-17(26)5-3-6-18(23)27)22(35)7-2-4-14-8-10-15(11-9-14)25(29,30)31/h3,5-6,12-15H,2,4,7-11H2,1H3,(H,32,33). The highest BCUT2D eigenvalue weighted by molar-refractivity contribution is 6.39. The van der Waals surface area contributed by atoms with Crippen LogP contribution >= 0.6 is 23.2 Å². The highest BCUT2D eigenvalue weighted by Crippen LogP contribution is 2.41. The molecule has 1 heterocycles. The summed E-state index contributed by atoms with van der Waals surface area (Å²) in [4.78, 5) is 17.2. The molecule has 1 aliphatic rings. The zero-order valence-corrected chi connectivity index (χ0v) is 20.6. The predicted octanol–water partition coefficient (Wildman–Crippen LogP) is 8.48. The van der Waals surface area contributed by atoms with Crippen molar-refractivity contribution in [3.8, 4) is 0 Å². The lowest BCUT2D eigenvalue weighted by Gasteiger charge is -2.29. The second-order valence-electron chi connectivity index (χ2n) is 9.11. The summed E-state index contributed by atoms with van der Waals surface area (Å²) in [6.07, 6.45) is -1.51. The Balaban J connectivity index is 1.41. The van der Waals surface area contributed by atoms with Gasteiger partial charge in [0.2, 0.25) is 5.95 Å². The van der Waals surface area contributed by atoms with E-state index in [1.54, 1.807) is 29.8 Å². The second-order valence-corrected chi connectivity index (χ2v) is 9.93. The van der Waals surface area contributed by atoms with Gasteiger partial charge in [-0.3, -0.25) is 4.79 Å². The van der Waals surface area contributed by atoms with E-state index in [0.717, 1.165) is 0 Å². The van der Waals surface area contributed by atoms with Crippen molar-refractivity contribution in [1.82, 2.24) is 9.55 Å².